The molecular weight excluding hydrogens is 262 g/mol. The maximum atomic E-state index is 7.76. The second-order valence-electron chi connectivity index (χ2n) is 5.43. The van der Waals surface area contributed by atoms with Gasteiger partial charge in [0.2, 0.25) is 5.88 Å². The molecule has 4 heteroatoms. The monoisotopic (exact) mass is 283 g/mol. The van der Waals surface area contributed by atoms with Crippen LogP contribution in [0.4, 0.5) is 0 Å². The molecule has 0 fully saturated rings. The first-order chi connectivity index (χ1) is 9.81. The molecule has 4 nitrogen and oxygen atoms in total. The van der Waals surface area contributed by atoms with Crippen molar-refractivity contribution in [2.75, 3.05) is 0 Å². The summed E-state index contributed by atoms with van der Waals surface area (Å²) in [6.07, 6.45) is 0. The van der Waals surface area contributed by atoms with Crippen molar-refractivity contribution in [2.24, 2.45) is 5.73 Å². The van der Waals surface area contributed by atoms with Gasteiger partial charge in [-0.2, -0.15) is 0 Å². The molecule has 0 amide bonds. The third kappa shape index (κ3) is 2.89. The second kappa shape index (κ2) is 5.56. The van der Waals surface area contributed by atoms with Gasteiger partial charge in [-0.15, -0.1) is 0 Å². The van der Waals surface area contributed by atoms with Gasteiger partial charge < -0.3 is 10.5 Å². The number of ether oxygens (including phenoxy) is 1. The Hall–Kier alpha value is -2.36. The molecule has 3 N–H and O–H groups in total. The molecule has 2 aromatic rings. The Morgan fingerprint density at radius 1 is 1.05 bits per heavy atom. The zero-order valence-electron chi connectivity index (χ0n) is 13.2. The Bertz CT molecular complexity index is 720. The smallest absolute Gasteiger partial charge is 0.230 e. The zero-order valence-corrected chi connectivity index (χ0v) is 13.2. The van der Waals surface area contributed by atoms with Crippen LogP contribution in [-0.2, 0) is 0 Å². The fraction of sp³-hybridized carbons (Fsp3) is 0.294. The summed E-state index contributed by atoms with van der Waals surface area (Å²) in [5, 5.41) is 7.76. The van der Waals surface area contributed by atoms with Crippen molar-refractivity contribution < 1.29 is 4.74 Å². The van der Waals surface area contributed by atoms with Crippen LogP contribution in [0.5, 0.6) is 11.6 Å². The van der Waals surface area contributed by atoms with Gasteiger partial charge in [-0.1, -0.05) is 12.1 Å². The number of aromatic nitrogens is 1. The number of nitrogen functional groups attached to an aromatic ring is 1. The van der Waals surface area contributed by atoms with Gasteiger partial charge in [0.1, 0.15) is 11.6 Å². The average molecular weight is 283 g/mol. The Kier molecular flexibility index (Phi) is 3.98. The molecule has 0 aliphatic rings. The lowest BCUT2D eigenvalue weighted by Gasteiger charge is -2.16. The van der Waals surface area contributed by atoms with Crippen molar-refractivity contribution in [1.82, 2.24) is 4.98 Å². The zero-order chi connectivity index (χ0) is 15.7. The summed E-state index contributed by atoms with van der Waals surface area (Å²) < 4.78 is 6.04. The van der Waals surface area contributed by atoms with E-state index >= 15 is 0 Å². The van der Waals surface area contributed by atoms with Gasteiger partial charge in [0.15, 0.2) is 0 Å². The molecule has 1 aromatic carbocycles. The summed E-state index contributed by atoms with van der Waals surface area (Å²) in [6, 6.07) is 5.99. The predicted octanol–water partition coefficient (Wildman–Crippen LogP) is 3.70. The van der Waals surface area contributed by atoms with E-state index in [1.807, 2.05) is 46.8 Å². The van der Waals surface area contributed by atoms with Crippen molar-refractivity contribution in [2.45, 2.75) is 34.6 Å². The molecule has 0 bridgehead atoms. The Labute approximate surface area is 125 Å². The van der Waals surface area contributed by atoms with E-state index in [-0.39, 0.29) is 5.84 Å². The summed E-state index contributed by atoms with van der Waals surface area (Å²) in [5.74, 6) is 1.16. The number of hydrogen-bond acceptors (Lipinski definition) is 3. The molecule has 0 unspecified atom stereocenters. The number of rotatable bonds is 3. The Morgan fingerprint density at radius 3 is 2.29 bits per heavy atom. The van der Waals surface area contributed by atoms with Crippen LogP contribution in [0.1, 0.15) is 33.5 Å². The number of nitrogens with two attached hydrogens (primary N) is 1. The third-order valence-electron chi connectivity index (χ3n) is 3.65. The molecular formula is C17H21N3O. The first-order valence-electron chi connectivity index (χ1n) is 6.88. The van der Waals surface area contributed by atoms with Crippen LogP contribution in [0.3, 0.4) is 0 Å². The number of nitrogens with one attached hydrogen (secondary N) is 1. The third-order valence-corrected chi connectivity index (χ3v) is 3.65. The van der Waals surface area contributed by atoms with Gasteiger partial charge in [-0.3, -0.25) is 5.41 Å². The molecule has 0 spiro atoms. The molecule has 0 saturated heterocycles. The van der Waals surface area contributed by atoms with E-state index in [0.717, 1.165) is 33.7 Å². The second-order valence-corrected chi connectivity index (χ2v) is 5.43. The van der Waals surface area contributed by atoms with Crippen molar-refractivity contribution in [1.29, 1.82) is 5.41 Å². The number of benzene rings is 1. The number of aryl methyl sites for hydroxylation is 4. The molecule has 1 aromatic heterocycles. The van der Waals surface area contributed by atoms with Crippen LogP contribution in [0.25, 0.3) is 0 Å². The van der Waals surface area contributed by atoms with Crippen LogP contribution in [0, 0.1) is 40.0 Å². The minimum Gasteiger partial charge on any atom is -0.438 e. The topological polar surface area (TPSA) is 72.0 Å². The van der Waals surface area contributed by atoms with Gasteiger partial charge in [0.05, 0.1) is 5.56 Å². The highest BCUT2D eigenvalue weighted by Crippen LogP contribution is 2.32. The van der Waals surface area contributed by atoms with Crippen molar-refractivity contribution in [3.63, 3.8) is 0 Å². The minimum atomic E-state index is -0.0297. The lowest BCUT2D eigenvalue weighted by atomic mass is 10.0. The molecule has 2 rings (SSSR count). The fourth-order valence-corrected chi connectivity index (χ4v) is 2.38. The SMILES string of the molecule is Cc1cc(C)c(C(=N)N)c(Oc2c(C)ccc(C)c2C)n1. The summed E-state index contributed by atoms with van der Waals surface area (Å²) in [5.41, 5.74) is 11.3. The van der Waals surface area contributed by atoms with E-state index in [1.54, 1.807) is 0 Å². The maximum Gasteiger partial charge on any atom is 0.230 e. The highest BCUT2D eigenvalue weighted by atomic mass is 16.5. The van der Waals surface area contributed by atoms with Crippen LogP contribution >= 0.6 is 0 Å². The van der Waals surface area contributed by atoms with Gasteiger partial charge in [-0.25, -0.2) is 4.98 Å². The quantitative estimate of drug-likeness (QED) is 0.666. The van der Waals surface area contributed by atoms with Crippen molar-refractivity contribution >= 4 is 5.84 Å². The highest BCUT2D eigenvalue weighted by Gasteiger charge is 2.16. The fourth-order valence-electron chi connectivity index (χ4n) is 2.38. The minimum absolute atomic E-state index is 0.0297. The highest BCUT2D eigenvalue weighted by molar-refractivity contribution is 5.98. The van der Waals surface area contributed by atoms with Crippen LogP contribution in [0.15, 0.2) is 18.2 Å². The lowest BCUT2D eigenvalue weighted by molar-refractivity contribution is 0.452. The van der Waals surface area contributed by atoms with Crippen LogP contribution < -0.4 is 10.5 Å². The van der Waals surface area contributed by atoms with Crippen molar-refractivity contribution in [3.8, 4) is 11.6 Å². The molecule has 21 heavy (non-hydrogen) atoms. The largest absolute Gasteiger partial charge is 0.438 e. The van der Waals surface area contributed by atoms with E-state index in [9.17, 15) is 0 Å². The number of nitrogens with zero attached hydrogens (tertiary/aromatic N) is 1. The van der Waals surface area contributed by atoms with E-state index in [4.69, 9.17) is 15.9 Å². The summed E-state index contributed by atoms with van der Waals surface area (Å²) in [7, 11) is 0. The number of amidine groups is 1. The van der Waals surface area contributed by atoms with E-state index in [0.29, 0.717) is 11.4 Å². The molecule has 0 aliphatic heterocycles. The number of hydrogen-bond donors (Lipinski definition) is 2. The predicted molar refractivity (Wildman–Crippen MR) is 85.5 cm³/mol. The summed E-state index contributed by atoms with van der Waals surface area (Å²) in [4.78, 5) is 4.42. The normalized spacial score (nSPS) is 10.5. The molecule has 0 aliphatic carbocycles. The standard InChI is InChI=1S/C17H21N3O/c1-9-6-7-10(2)15(13(9)5)21-17-14(16(18)19)11(3)8-12(4)20-17/h6-8H,1-5H3,(H3,18,19). The van der Waals surface area contributed by atoms with Crippen LogP contribution in [0.2, 0.25) is 0 Å². The van der Waals surface area contributed by atoms with Gasteiger partial charge in [0.25, 0.3) is 0 Å². The van der Waals surface area contributed by atoms with E-state index in [2.05, 4.69) is 11.1 Å². The summed E-state index contributed by atoms with van der Waals surface area (Å²) in [6.45, 7) is 9.88. The van der Waals surface area contributed by atoms with E-state index in [1.165, 1.54) is 0 Å². The lowest BCUT2D eigenvalue weighted by Crippen LogP contribution is -2.15. The molecule has 0 saturated carbocycles. The van der Waals surface area contributed by atoms with Gasteiger partial charge in [0, 0.05) is 5.69 Å². The number of pyridine rings is 1. The van der Waals surface area contributed by atoms with Gasteiger partial charge in [-0.05, 0) is 62.9 Å². The molecule has 1 heterocycles. The molecule has 0 atom stereocenters. The first-order valence-corrected chi connectivity index (χ1v) is 6.88. The Morgan fingerprint density at radius 2 is 1.67 bits per heavy atom. The van der Waals surface area contributed by atoms with Gasteiger partial charge >= 0.3 is 0 Å². The maximum absolute atomic E-state index is 7.76. The molecule has 110 valence electrons. The van der Waals surface area contributed by atoms with Crippen LogP contribution in [-0.4, -0.2) is 10.8 Å². The first kappa shape index (κ1) is 15.0. The molecule has 0 radical (unpaired) electrons. The van der Waals surface area contributed by atoms with E-state index < -0.39 is 0 Å². The average Bonchev–Trinajstić information content (AvgIpc) is 2.38. The van der Waals surface area contributed by atoms with Crippen molar-refractivity contribution in [3.05, 3.63) is 51.7 Å². The Balaban J connectivity index is 2.60. The summed E-state index contributed by atoms with van der Waals surface area (Å²) >= 11 is 0.